The van der Waals surface area contributed by atoms with E-state index in [4.69, 9.17) is 10.5 Å². The first-order valence-electron chi connectivity index (χ1n) is 6.98. The van der Waals surface area contributed by atoms with Crippen molar-refractivity contribution in [3.8, 4) is 0 Å². The van der Waals surface area contributed by atoms with E-state index in [0.717, 1.165) is 25.7 Å². The number of nitrogens with one attached hydrogen (secondary N) is 2. The Hall–Kier alpha value is -1.76. The summed E-state index contributed by atoms with van der Waals surface area (Å²) in [6.45, 7) is 2.54. The number of methoxy groups -OCH3 is 1. The molecular weight excluding hydrogens is 260 g/mol. The van der Waals surface area contributed by atoms with Crippen molar-refractivity contribution in [2.75, 3.05) is 18.2 Å². The number of rotatable bonds is 6. The maximum absolute atomic E-state index is 11.9. The fourth-order valence-electron chi connectivity index (χ4n) is 2.35. The third-order valence-electron chi connectivity index (χ3n) is 3.75. The molecule has 1 heterocycles. The number of hydrogen-bond acceptors (Lipinski definition) is 5. The third kappa shape index (κ3) is 2.87. The molecule has 0 aliphatic heterocycles. The number of unbranched alkanes of at least 4 members (excludes halogenated alkanes) is 1. The normalized spacial score (nSPS) is 21.5. The van der Waals surface area contributed by atoms with Crippen LogP contribution in [0.1, 0.15) is 32.6 Å². The SMILES string of the molecule is CCCCn1c(N)c(NC2CC(OC)C2)c(=O)[nH]c1=O. The van der Waals surface area contributed by atoms with Crippen LogP contribution in [0, 0.1) is 0 Å². The summed E-state index contributed by atoms with van der Waals surface area (Å²) in [7, 11) is 1.67. The second kappa shape index (κ2) is 6.13. The quantitative estimate of drug-likeness (QED) is 0.705. The average molecular weight is 282 g/mol. The fraction of sp³-hybridized carbons (Fsp3) is 0.692. The van der Waals surface area contributed by atoms with Gasteiger partial charge in [0, 0.05) is 19.7 Å². The van der Waals surface area contributed by atoms with E-state index in [2.05, 4.69) is 10.3 Å². The molecule has 0 unspecified atom stereocenters. The smallest absolute Gasteiger partial charge is 0.330 e. The molecule has 4 N–H and O–H groups in total. The van der Waals surface area contributed by atoms with Gasteiger partial charge >= 0.3 is 5.69 Å². The van der Waals surface area contributed by atoms with Gasteiger partial charge in [-0.3, -0.25) is 14.3 Å². The van der Waals surface area contributed by atoms with Gasteiger partial charge in [0.05, 0.1) is 6.10 Å². The van der Waals surface area contributed by atoms with E-state index in [0.29, 0.717) is 12.2 Å². The molecule has 0 amide bonds. The zero-order valence-electron chi connectivity index (χ0n) is 11.9. The van der Waals surface area contributed by atoms with Gasteiger partial charge in [-0.15, -0.1) is 0 Å². The van der Waals surface area contributed by atoms with Gasteiger partial charge in [0.15, 0.2) is 0 Å². The second-order valence-electron chi connectivity index (χ2n) is 5.20. The van der Waals surface area contributed by atoms with Gasteiger partial charge in [-0.1, -0.05) is 13.3 Å². The monoisotopic (exact) mass is 282 g/mol. The Labute approximate surface area is 117 Å². The molecule has 1 aromatic heterocycles. The van der Waals surface area contributed by atoms with Gasteiger partial charge in [-0.05, 0) is 19.3 Å². The van der Waals surface area contributed by atoms with Crippen LogP contribution in [0.3, 0.4) is 0 Å². The van der Waals surface area contributed by atoms with Crippen molar-refractivity contribution in [2.24, 2.45) is 0 Å². The van der Waals surface area contributed by atoms with Crippen LogP contribution >= 0.6 is 0 Å². The summed E-state index contributed by atoms with van der Waals surface area (Å²) < 4.78 is 6.61. The van der Waals surface area contributed by atoms with Crippen LogP contribution in [0.2, 0.25) is 0 Å². The number of nitrogen functional groups attached to an aromatic ring is 1. The van der Waals surface area contributed by atoms with Crippen LogP contribution in [-0.2, 0) is 11.3 Å². The maximum atomic E-state index is 11.9. The molecule has 0 saturated heterocycles. The number of nitrogens with two attached hydrogens (primary N) is 1. The molecular formula is C13H22N4O3. The lowest BCUT2D eigenvalue weighted by atomic mass is 9.89. The first-order chi connectivity index (χ1) is 9.56. The fourth-order valence-corrected chi connectivity index (χ4v) is 2.35. The Bertz CT molecular complexity index is 572. The number of ether oxygens (including phenoxy) is 1. The number of hydrogen-bond donors (Lipinski definition) is 3. The molecule has 7 nitrogen and oxygen atoms in total. The summed E-state index contributed by atoms with van der Waals surface area (Å²) in [4.78, 5) is 26.0. The van der Waals surface area contributed by atoms with Crippen molar-refractivity contribution in [2.45, 2.75) is 51.3 Å². The summed E-state index contributed by atoms with van der Waals surface area (Å²) in [6, 6.07) is 0.167. The molecule has 20 heavy (non-hydrogen) atoms. The van der Waals surface area contributed by atoms with Gasteiger partial charge in [-0.25, -0.2) is 4.79 Å². The van der Waals surface area contributed by atoms with Crippen LogP contribution in [0.15, 0.2) is 9.59 Å². The number of anilines is 2. The van der Waals surface area contributed by atoms with Crippen LogP contribution in [0.5, 0.6) is 0 Å². The predicted molar refractivity (Wildman–Crippen MR) is 78.1 cm³/mol. The molecule has 1 aromatic rings. The lowest BCUT2D eigenvalue weighted by molar-refractivity contribution is 0.0328. The van der Waals surface area contributed by atoms with Gasteiger partial charge < -0.3 is 15.8 Å². The van der Waals surface area contributed by atoms with E-state index in [1.54, 1.807) is 7.11 Å². The molecule has 1 aliphatic carbocycles. The van der Waals surface area contributed by atoms with Crippen molar-refractivity contribution < 1.29 is 4.74 Å². The third-order valence-corrected chi connectivity index (χ3v) is 3.75. The van der Waals surface area contributed by atoms with Gasteiger partial charge in [0.25, 0.3) is 5.56 Å². The highest BCUT2D eigenvalue weighted by molar-refractivity contribution is 5.61. The van der Waals surface area contributed by atoms with Gasteiger partial charge in [0.1, 0.15) is 11.5 Å². The zero-order chi connectivity index (χ0) is 14.7. The molecule has 0 atom stereocenters. The van der Waals surface area contributed by atoms with E-state index in [1.165, 1.54) is 4.57 Å². The summed E-state index contributed by atoms with van der Waals surface area (Å²) >= 11 is 0. The summed E-state index contributed by atoms with van der Waals surface area (Å²) in [5, 5.41) is 3.11. The Morgan fingerprint density at radius 1 is 1.45 bits per heavy atom. The number of aromatic nitrogens is 2. The molecule has 2 rings (SSSR count). The minimum Gasteiger partial charge on any atom is -0.383 e. The van der Waals surface area contributed by atoms with Crippen LogP contribution in [-0.4, -0.2) is 28.8 Å². The van der Waals surface area contributed by atoms with Crippen LogP contribution < -0.4 is 22.3 Å². The van der Waals surface area contributed by atoms with E-state index in [9.17, 15) is 9.59 Å². The minimum absolute atomic E-state index is 0.167. The van der Waals surface area contributed by atoms with Crippen LogP contribution in [0.25, 0.3) is 0 Å². The number of aromatic amines is 1. The molecule has 0 spiro atoms. The van der Waals surface area contributed by atoms with Crippen molar-refractivity contribution in [3.63, 3.8) is 0 Å². The first kappa shape index (κ1) is 14.6. The van der Waals surface area contributed by atoms with Crippen molar-refractivity contribution in [1.82, 2.24) is 9.55 Å². The molecule has 0 radical (unpaired) electrons. The maximum Gasteiger partial charge on any atom is 0.330 e. The lowest BCUT2D eigenvalue weighted by Crippen LogP contribution is -2.43. The summed E-state index contributed by atoms with van der Waals surface area (Å²) in [5.74, 6) is 0.216. The Morgan fingerprint density at radius 3 is 2.75 bits per heavy atom. The second-order valence-corrected chi connectivity index (χ2v) is 5.20. The highest BCUT2D eigenvalue weighted by Gasteiger charge is 2.30. The Morgan fingerprint density at radius 2 is 2.15 bits per heavy atom. The topological polar surface area (TPSA) is 102 Å². The molecule has 7 heteroatoms. The number of H-pyrrole nitrogens is 1. The molecule has 1 fully saturated rings. The zero-order valence-corrected chi connectivity index (χ0v) is 11.9. The van der Waals surface area contributed by atoms with Gasteiger partial charge in [-0.2, -0.15) is 0 Å². The standard InChI is InChI=1S/C13H22N4O3/c1-3-4-5-17-11(14)10(12(18)16-13(17)19)15-8-6-9(7-8)20-2/h8-9,15H,3-7,14H2,1-2H3,(H,16,18,19). The highest BCUT2D eigenvalue weighted by atomic mass is 16.5. The Kier molecular flexibility index (Phi) is 4.49. The summed E-state index contributed by atoms with van der Waals surface area (Å²) in [6.07, 6.45) is 3.70. The molecule has 112 valence electrons. The molecule has 0 bridgehead atoms. The van der Waals surface area contributed by atoms with E-state index in [1.807, 2.05) is 6.92 Å². The molecule has 0 aromatic carbocycles. The van der Waals surface area contributed by atoms with Crippen molar-refractivity contribution >= 4 is 11.5 Å². The Balaban J connectivity index is 2.20. The van der Waals surface area contributed by atoms with Crippen molar-refractivity contribution in [3.05, 3.63) is 20.8 Å². The highest BCUT2D eigenvalue weighted by Crippen LogP contribution is 2.26. The largest absolute Gasteiger partial charge is 0.383 e. The van der Waals surface area contributed by atoms with E-state index in [-0.39, 0.29) is 18.0 Å². The van der Waals surface area contributed by atoms with Crippen LogP contribution in [0.4, 0.5) is 11.5 Å². The lowest BCUT2D eigenvalue weighted by Gasteiger charge is -2.35. The van der Waals surface area contributed by atoms with E-state index < -0.39 is 11.2 Å². The minimum atomic E-state index is -0.457. The van der Waals surface area contributed by atoms with E-state index >= 15 is 0 Å². The molecule has 1 aliphatic rings. The summed E-state index contributed by atoms with van der Waals surface area (Å²) in [5.41, 5.74) is 5.35. The van der Waals surface area contributed by atoms with Gasteiger partial charge in [0.2, 0.25) is 0 Å². The first-order valence-corrected chi connectivity index (χ1v) is 6.98. The number of nitrogens with zero attached hydrogens (tertiary/aromatic N) is 1. The van der Waals surface area contributed by atoms with Crippen molar-refractivity contribution in [1.29, 1.82) is 0 Å². The molecule has 1 saturated carbocycles. The predicted octanol–water partition coefficient (Wildman–Crippen LogP) is 0.508. The average Bonchev–Trinajstić information content (AvgIpc) is 2.36.